The zero-order valence-corrected chi connectivity index (χ0v) is 16.6. The number of unbranched alkanes of at least 4 members (excludes halogenated alkanes) is 1. The third kappa shape index (κ3) is 4.03. The number of thioether (sulfide) groups is 1. The van der Waals surface area contributed by atoms with Gasteiger partial charge in [-0.1, -0.05) is 0 Å². The van der Waals surface area contributed by atoms with Crippen LogP contribution in [0.3, 0.4) is 0 Å². The lowest BCUT2D eigenvalue weighted by atomic mass is 9.99. The lowest BCUT2D eigenvalue weighted by Crippen LogP contribution is -2.16. The second kappa shape index (κ2) is 8.32. The summed E-state index contributed by atoms with van der Waals surface area (Å²) in [6, 6.07) is 12.0. The van der Waals surface area contributed by atoms with E-state index in [9.17, 15) is 14.5 Å². The summed E-state index contributed by atoms with van der Waals surface area (Å²) in [5.74, 6) is 2.25. The number of rotatable bonds is 8. The van der Waals surface area contributed by atoms with Crippen LogP contribution in [0.2, 0.25) is 0 Å². The SMILES string of the molecule is COc1ccc(C2=C(SCCCC[N+](=O)[O-])C3c4cc(F)ccc4OC3O2)cc1. The molecule has 2 aliphatic heterocycles. The molecule has 2 unspecified atom stereocenters. The first-order valence-electron chi connectivity index (χ1n) is 9.33. The quantitative estimate of drug-likeness (QED) is 0.348. The maximum Gasteiger partial charge on any atom is 0.252 e. The van der Waals surface area contributed by atoms with Crippen molar-refractivity contribution < 1.29 is 23.5 Å². The van der Waals surface area contributed by atoms with Gasteiger partial charge in [0.2, 0.25) is 6.54 Å². The number of ether oxygens (including phenoxy) is 3. The Morgan fingerprint density at radius 2 is 1.97 bits per heavy atom. The molecule has 0 spiro atoms. The van der Waals surface area contributed by atoms with Gasteiger partial charge in [0.25, 0.3) is 6.29 Å². The zero-order valence-electron chi connectivity index (χ0n) is 15.8. The van der Waals surface area contributed by atoms with Gasteiger partial charge in [0, 0.05) is 27.4 Å². The second-order valence-electron chi connectivity index (χ2n) is 6.80. The minimum Gasteiger partial charge on any atom is -0.497 e. The maximum absolute atomic E-state index is 13.9. The minimum absolute atomic E-state index is 0.0370. The average Bonchev–Trinajstić information content (AvgIpc) is 3.24. The molecule has 2 aliphatic rings. The summed E-state index contributed by atoms with van der Waals surface area (Å²) in [4.78, 5) is 11.2. The van der Waals surface area contributed by atoms with Crippen molar-refractivity contribution in [3.05, 3.63) is 74.4 Å². The van der Waals surface area contributed by atoms with E-state index in [2.05, 4.69) is 0 Å². The molecule has 0 fully saturated rings. The number of nitrogens with zero attached hydrogens (tertiary/aromatic N) is 1. The first kappa shape index (κ1) is 19.6. The van der Waals surface area contributed by atoms with Gasteiger partial charge in [-0.2, -0.15) is 0 Å². The Morgan fingerprint density at radius 1 is 1.17 bits per heavy atom. The van der Waals surface area contributed by atoms with Crippen molar-refractivity contribution in [1.29, 1.82) is 0 Å². The third-order valence-corrected chi connectivity index (χ3v) is 6.15. The van der Waals surface area contributed by atoms with Gasteiger partial charge in [-0.3, -0.25) is 10.1 Å². The van der Waals surface area contributed by atoms with Gasteiger partial charge < -0.3 is 14.2 Å². The number of fused-ring (bicyclic) bond motifs is 3. The molecule has 0 saturated carbocycles. The first-order chi connectivity index (χ1) is 14.1. The van der Waals surface area contributed by atoms with Crippen LogP contribution >= 0.6 is 11.8 Å². The summed E-state index contributed by atoms with van der Waals surface area (Å²) in [6.45, 7) is -0.0370. The van der Waals surface area contributed by atoms with E-state index in [1.165, 1.54) is 12.1 Å². The van der Waals surface area contributed by atoms with Gasteiger partial charge in [-0.15, -0.1) is 11.8 Å². The Kier molecular flexibility index (Phi) is 5.62. The topological polar surface area (TPSA) is 70.8 Å². The van der Waals surface area contributed by atoms with Crippen LogP contribution in [0.1, 0.15) is 29.9 Å². The molecule has 0 saturated heterocycles. The fourth-order valence-electron chi connectivity index (χ4n) is 3.51. The normalized spacial score (nSPS) is 19.4. The van der Waals surface area contributed by atoms with Crippen molar-refractivity contribution in [2.24, 2.45) is 0 Å². The molecule has 29 heavy (non-hydrogen) atoms. The van der Waals surface area contributed by atoms with E-state index >= 15 is 0 Å². The highest BCUT2D eigenvalue weighted by Crippen LogP contribution is 2.54. The summed E-state index contributed by atoms with van der Waals surface area (Å²) in [7, 11) is 1.61. The lowest BCUT2D eigenvalue weighted by Gasteiger charge is -2.12. The highest BCUT2D eigenvalue weighted by atomic mass is 32.2. The molecule has 8 heteroatoms. The van der Waals surface area contributed by atoms with E-state index in [0.29, 0.717) is 30.1 Å². The second-order valence-corrected chi connectivity index (χ2v) is 7.93. The number of hydrogen-bond acceptors (Lipinski definition) is 6. The Balaban J connectivity index is 1.62. The van der Waals surface area contributed by atoms with Crippen LogP contribution in [0.25, 0.3) is 5.76 Å². The molecular formula is C21H20FNO5S. The van der Waals surface area contributed by atoms with Crippen LogP contribution in [0.15, 0.2) is 47.4 Å². The molecule has 0 radical (unpaired) electrons. The molecule has 2 atom stereocenters. The Bertz CT molecular complexity index is 947. The summed E-state index contributed by atoms with van der Waals surface area (Å²) in [6.07, 6.45) is 0.686. The molecular weight excluding hydrogens is 397 g/mol. The third-order valence-electron chi connectivity index (χ3n) is 4.91. The molecule has 152 valence electrons. The maximum atomic E-state index is 13.9. The number of halogens is 1. The smallest absolute Gasteiger partial charge is 0.252 e. The highest BCUT2D eigenvalue weighted by molar-refractivity contribution is 8.03. The minimum atomic E-state index is -0.537. The standard InChI is InChI=1S/C21H20FNO5S/c1-26-15-7-4-13(5-8-15)19-20(29-11-3-2-10-23(24)25)18-16-12-14(22)6-9-17(16)27-21(18)28-19/h4-9,12,18,21H,2-3,10-11H2,1H3. The van der Waals surface area contributed by atoms with Crippen molar-refractivity contribution in [1.82, 2.24) is 0 Å². The van der Waals surface area contributed by atoms with Crippen LogP contribution in [0.4, 0.5) is 4.39 Å². The van der Waals surface area contributed by atoms with Gasteiger partial charge in [0.05, 0.1) is 13.0 Å². The molecule has 2 aromatic rings. The predicted molar refractivity (Wildman–Crippen MR) is 108 cm³/mol. The summed E-state index contributed by atoms with van der Waals surface area (Å²) in [5, 5.41) is 10.5. The van der Waals surface area contributed by atoms with Crippen LogP contribution in [-0.4, -0.2) is 30.6 Å². The van der Waals surface area contributed by atoms with Crippen LogP contribution in [0.5, 0.6) is 11.5 Å². The first-order valence-corrected chi connectivity index (χ1v) is 10.3. The van der Waals surface area contributed by atoms with Gasteiger partial charge in [-0.25, -0.2) is 4.39 Å². The molecule has 0 N–H and O–H groups in total. The zero-order chi connectivity index (χ0) is 20.4. The number of benzene rings is 2. The molecule has 0 amide bonds. The summed E-state index contributed by atoms with van der Waals surface area (Å²) >= 11 is 1.59. The molecule has 0 aliphatic carbocycles. The fourth-order valence-corrected chi connectivity index (χ4v) is 4.80. The van der Waals surface area contributed by atoms with Crippen LogP contribution in [0, 0.1) is 15.9 Å². The van der Waals surface area contributed by atoms with E-state index in [1.807, 2.05) is 24.3 Å². The van der Waals surface area contributed by atoms with E-state index in [0.717, 1.165) is 21.8 Å². The molecule has 6 nitrogen and oxygen atoms in total. The lowest BCUT2D eigenvalue weighted by molar-refractivity contribution is -0.480. The van der Waals surface area contributed by atoms with E-state index in [4.69, 9.17) is 14.2 Å². The Labute approximate surface area is 171 Å². The molecule has 2 heterocycles. The number of hydrogen-bond donors (Lipinski definition) is 0. The van der Waals surface area contributed by atoms with Crippen molar-refractivity contribution in [3.8, 4) is 11.5 Å². The molecule has 4 rings (SSSR count). The molecule has 0 bridgehead atoms. The van der Waals surface area contributed by atoms with Crippen molar-refractivity contribution in [2.45, 2.75) is 25.0 Å². The monoisotopic (exact) mass is 417 g/mol. The highest BCUT2D eigenvalue weighted by Gasteiger charge is 2.46. The number of nitro groups is 1. The largest absolute Gasteiger partial charge is 0.497 e. The van der Waals surface area contributed by atoms with E-state index < -0.39 is 6.29 Å². The van der Waals surface area contributed by atoms with Crippen LogP contribution < -0.4 is 9.47 Å². The van der Waals surface area contributed by atoms with Gasteiger partial charge in [-0.05, 0) is 54.6 Å². The summed E-state index contributed by atoms with van der Waals surface area (Å²) < 4.78 is 31.2. The predicted octanol–water partition coefficient (Wildman–Crippen LogP) is 4.83. The summed E-state index contributed by atoms with van der Waals surface area (Å²) in [5.41, 5.74) is 1.65. The van der Waals surface area contributed by atoms with E-state index in [-0.39, 0.29) is 23.2 Å². The van der Waals surface area contributed by atoms with Crippen molar-refractivity contribution in [2.75, 3.05) is 19.4 Å². The van der Waals surface area contributed by atoms with Crippen LogP contribution in [-0.2, 0) is 4.74 Å². The molecule has 2 aromatic carbocycles. The van der Waals surface area contributed by atoms with Crippen molar-refractivity contribution in [3.63, 3.8) is 0 Å². The van der Waals surface area contributed by atoms with Crippen molar-refractivity contribution >= 4 is 17.5 Å². The van der Waals surface area contributed by atoms with E-state index in [1.54, 1.807) is 24.9 Å². The fraction of sp³-hybridized carbons (Fsp3) is 0.333. The van der Waals surface area contributed by atoms with Gasteiger partial charge in [0.1, 0.15) is 23.1 Å². The number of methoxy groups -OCH3 is 1. The average molecular weight is 417 g/mol. The van der Waals surface area contributed by atoms with Gasteiger partial charge >= 0.3 is 0 Å². The molecule has 0 aromatic heterocycles. The Hall–Kier alpha value is -2.74. The van der Waals surface area contributed by atoms with Gasteiger partial charge in [0.15, 0.2) is 0 Å². The Morgan fingerprint density at radius 3 is 2.69 bits per heavy atom.